The Hall–Kier alpha value is -2.65. The zero-order valence-corrected chi connectivity index (χ0v) is 42.2. The molecule has 3 N–H and O–H groups in total. The van der Waals surface area contributed by atoms with Gasteiger partial charge in [0.1, 0.15) is 24.0 Å². The van der Waals surface area contributed by atoms with Gasteiger partial charge in [-0.15, -0.1) is 5.10 Å². The highest BCUT2D eigenvalue weighted by Gasteiger charge is 2.52. The van der Waals surface area contributed by atoms with E-state index in [9.17, 15) is 20.1 Å². The molecule has 1 aromatic heterocycles. The molecule has 376 valence electrons. The summed E-state index contributed by atoms with van der Waals surface area (Å²) in [6.07, 6.45) is -3.09. The zero-order valence-electron chi connectivity index (χ0n) is 42.2. The zero-order chi connectivity index (χ0) is 48.7. The fourth-order valence-electron chi connectivity index (χ4n) is 10.3. The van der Waals surface area contributed by atoms with Crippen molar-refractivity contribution in [2.24, 2.45) is 23.7 Å². The Balaban J connectivity index is 1.49. The number of likely N-dealkylation sites (N-methyl/N-ethyl adjacent to an activating group) is 2. The number of rotatable bonds is 14. The molecular formula is C49H83N5O12. The number of aliphatic hydroxyl groups excluding tert-OH is 3. The van der Waals surface area contributed by atoms with Gasteiger partial charge in [0.2, 0.25) is 0 Å². The molecule has 0 unspecified atom stereocenters. The highest BCUT2D eigenvalue weighted by molar-refractivity contribution is 5.73. The molecule has 3 aliphatic heterocycles. The molecule has 3 saturated heterocycles. The van der Waals surface area contributed by atoms with Crippen LogP contribution in [0.15, 0.2) is 30.5 Å². The summed E-state index contributed by atoms with van der Waals surface area (Å²) in [6, 6.07) is 7.98. The van der Waals surface area contributed by atoms with Gasteiger partial charge in [0.05, 0.1) is 72.7 Å². The van der Waals surface area contributed by atoms with Crippen molar-refractivity contribution in [1.29, 1.82) is 0 Å². The quantitative estimate of drug-likeness (QED) is 0.226. The van der Waals surface area contributed by atoms with Gasteiger partial charge < -0.3 is 63.0 Å². The Kier molecular flexibility index (Phi) is 19.6. The van der Waals surface area contributed by atoms with Crippen molar-refractivity contribution in [3.05, 3.63) is 41.7 Å². The first-order valence-corrected chi connectivity index (χ1v) is 24.0. The third-order valence-electron chi connectivity index (χ3n) is 14.4. The van der Waals surface area contributed by atoms with Gasteiger partial charge in [-0.05, 0) is 105 Å². The van der Waals surface area contributed by atoms with Crippen molar-refractivity contribution in [2.45, 2.75) is 180 Å². The minimum Gasteiger partial charge on any atom is -0.458 e. The van der Waals surface area contributed by atoms with Gasteiger partial charge in [-0.25, -0.2) is 4.68 Å². The SMILES string of the molecule is CCCc1ccc(-n2cc(COC[C@H]3CN(C)C[C@@H](C)[C@@H](O)[C@H](C)C[C@@](C)(OC)[C@H](O[C@@H]4O[C@H](C)C[C@H](N(C)C)[C@H]4O)[C@@H](C)[C@H](O[C@H]4C[C@@](C)(OC)[C@@H](O)[C@H](C)O4)[C@@H](C)C(=O)O3)nn2)cc1. The van der Waals surface area contributed by atoms with Crippen LogP contribution in [-0.4, -0.2) is 180 Å². The van der Waals surface area contributed by atoms with Crippen molar-refractivity contribution < 1.29 is 58.0 Å². The molecule has 0 radical (unpaired) electrons. The Labute approximate surface area is 393 Å². The first-order chi connectivity index (χ1) is 31.1. The molecule has 1 aromatic carbocycles. The van der Waals surface area contributed by atoms with E-state index < -0.39 is 84.3 Å². The summed E-state index contributed by atoms with van der Waals surface area (Å²) in [6.45, 7) is 18.3. The van der Waals surface area contributed by atoms with Crippen LogP contribution in [0.4, 0.5) is 0 Å². The summed E-state index contributed by atoms with van der Waals surface area (Å²) >= 11 is 0. The summed E-state index contributed by atoms with van der Waals surface area (Å²) < 4.78 is 53.2. The number of aryl methyl sites for hydroxylation is 1. The molecule has 0 bridgehead atoms. The maximum atomic E-state index is 14.7. The van der Waals surface area contributed by atoms with E-state index in [0.29, 0.717) is 31.6 Å². The standard InChI is InChI=1S/C49H83N5O12/c1-15-16-35-17-19-37(20-18-35)54-25-36(50-51-54)27-61-28-38-26-53(12)24-30(3)41(55)29(2)22-49(9,60-14)45(66-47-42(56)39(52(10)11)21-31(4)62-47)32(5)43(33(6)46(58)64-38)65-40-23-48(8,59-13)44(57)34(7)63-40/h17-20,25,29-34,38-45,47,55-57H,15-16,21-24,26-28H2,1-14H3/t29-,30-,31-,32+,33-,34+,38-,39+,40+,41+,42-,43+,44+,45-,47+,48-,49-/m1/s1. The second kappa shape index (κ2) is 23.8. The normalized spacial score (nSPS) is 39.3. The second-order valence-electron chi connectivity index (χ2n) is 20.3. The third-order valence-corrected chi connectivity index (χ3v) is 14.4. The average molecular weight is 934 g/mol. The molecule has 17 heteroatoms. The maximum absolute atomic E-state index is 14.7. The summed E-state index contributed by atoms with van der Waals surface area (Å²) in [5.74, 6) is -2.57. The van der Waals surface area contributed by atoms with Crippen molar-refractivity contribution in [3.63, 3.8) is 0 Å². The number of hydrogen-bond acceptors (Lipinski definition) is 16. The van der Waals surface area contributed by atoms with Crippen molar-refractivity contribution in [1.82, 2.24) is 24.8 Å². The minimum atomic E-state index is -1.11. The molecule has 2 aromatic rings. The molecule has 3 fully saturated rings. The van der Waals surface area contributed by atoms with Gasteiger partial charge >= 0.3 is 5.97 Å². The van der Waals surface area contributed by atoms with Gasteiger partial charge in [-0.1, -0.05) is 51.5 Å². The van der Waals surface area contributed by atoms with Gasteiger partial charge in [0.15, 0.2) is 12.6 Å². The number of benzene rings is 1. The predicted octanol–water partition coefficient (Wildman–Crippen LogP) is 4.39. The summed E-state index contributed by atoms with van der Waals surface area (Å²) in [7, 11) is 8.92. The largest absolute Gasteiger partial charge is 0.458 e. The number of esters is 1. The molecule has 0 aliphatic carbocycles. The molecule has 0 saturated carbocycles. The number of aromatic nitrogens is 3. The Bertz CT molecular complexity index is 1790. The Morgan fingerprint density at radius 3 is 2.21 bits per heavy atom. The number of methoxy groups -OCH3 is 2. The summed E-state index contributed by atoms with van der Waals surface area (Å²) in [4.78, 5) is 18.8. The van der Waals surface area contributed by atoms with Crippen LogP contribution in [0.2, 0.25) is 0 Å². The number of carbonyl (C=O) groups is 1. The highest BCUT2D eigenvalue weighted by Crippen LogP contribution is 2.41. The summed E-state index contributed by atoms with van der Waals surface area (Å²) in [5, 5.41) is 43.5. The van der Waals surface area contributed by atoms with Crippen molar-refractivity contribution >= 4 is 5.97 Å². The molecule has 17 nitrogen and oxygen atoms in total. The molecule has 5 rings (SSSR count). The Morgan fingerprint density at radius 2 is 1.58 bits per heavy atom. The van der Waals surface area contributed by atoms with Crippen molar-refractivity contribution in [3.8, 4) is 5.69 Å². The maximum Gasteiger partial charge on any atom is 0.311 e. The molecule has 4 heterocycles. The van der Waals surface area contributed by atoms with Crippen LogP contribution in [0.5, 0.6) is 0 Å². The lowest BCUT2D eigenvalue weighted by Crippen LogP contribution is -2.61. The number of nitrogens with zero attached hydrogens (tertiary/aromatic N) is 5. The molecule has 17 atom stereocenters. The molecule has 66 heavy (non-hydrogen) atoms. The monoisotopic (exact) mass is 934 g/mol. The number of ether oxygens (including phenoxy) is 8. The lowest BCUT2D eigenvalue weighted by atomic mass is 9.75. The lowest BCUT2D eigenvalue weighted by molar-refractivity contribution is -0.319. The van der Waals surface area contributed by atoms with Crippen LogP contribution < -0.4 is 0 Å². The van der Waals surface area contributed by atoms with Crippen LogP contribution in [0, 0.1) is 23.7 Å². The van der Waals surface area contributed by atoms with Crippen LogP contribution in [0.25, 0.3) is 5.69 Å². The van der Waals surface area contributed by atoms with Crippen molar-refractivity contribution in [2.75, 3.05) is 55.1 Å². The van der Waals surface area contributed by atoms with E-state index in [1.165, 1.54) is 5.56 Å². The van der Waals surface area contributed by atoms with Crippen LogP contribution >= 0.6 is 0 Å². The van der Waals surface area contributed by atoms with E-state index in [2.05, 4.69) is 29.4 Å². The summed E-state index contributed by atoms with van der Waals surface area (Å²) in [5.41, 5.74) is 0.650. The number of aliphatic hydroxyl groups is 3. The third kappa shape index (κ3) is 13.4. The number of cyclic esters (lactones) is 1. The predicted molar refractivity (Wildman–Crippen MR) is 248 cm³/mol. The van der Waals surface area contributed by atoms with Crippen LogP contribution in [0.1, 0.15) is 99.3 Å². The number of hydrogen-bond donors (Lipinski definition) is 3. The van der Waals surface area contributed by atoms with E-state index in [4.69, 9.17) is 37.9 Å². The van der Waals surface area contributed by atoms with E-state index in [1.54, 1.807) is 32.7 Å². The topological polar surface area (TPSA) is 189 Å². The molecular weight excluding hydrogens is 851 g/mol. The van der Waals surface area contributed by atoms with Gasteiger partial charge in [-0.3, -0.25) is 4.79 Å². The molecule has 0 amide bonds. The lowest BCUT2D eigenvalue weighted by Gasteiger charge is -2.49. The van der Waals surface area contributed by atoms with Crippen LogP contribution in [-0.2, 0) is 55.7 Å². The van der Waals surface area contributed by atoms with Crippen LogP contribution in [0.3, 0.4) is 0 Å². The Morgan fingerprint density at radius 1 is 0.894 bits per heavy atom. The average Bonchev–Trinajstić information content (AvgIpc) is 3.75. The minimum absolute atomic E-state index is 0.0543. The number of carbonyl (C=O) groups excluding carboxylic acids is 1. The van der Waals surface area contributed by atoms with Gasteiger partial charge in [0.25, 0.3) is 0 Å². The van der Waals surface area contributed by atoms with E-state index >= 15 is 0 Å². The molecule has 3 aliphatic rings. The fraction of sp³-hybridized carbons (Fsp3) is 0.816. The first-order valence-electron chi connectivity index (χ1n) is 24.0. The van der Waals surface area contributed by atoms with E-state index in [0.717, 1.165) is 18.5 Å². The second-order valence-corrected chi connectivity index (χ2v) is 20.3. The molecule has 0 spiro atoms. The highest BCUT2D eigenvalue weighted by atomic mass is 16.7. The van der Waals surface area contributed by atoms with Gasteiger partial charge in [-0.2, -0.15) is 0 Å². The fourth-order valence-corrected chi connectivity index (χ4v) is 10.3. The smallest absolute Gasteiger partial charge is 0.311 e. The van der Waals surface area contributed by atoms with E-state index in [-0.39, 0.29) is 43.6 Å². The van der Waals surface area contributed by atoms with E-state index in [1.807, 2.05) is 90.8 Å². The first kappa shape index (κ1) is 54.3. The van der Waals surface area contributed by atoms with Gasteiger partial charge in [0, 0.05) is 45.7 Å².